The molecule has 0 atom stereocenters. The number of aliphatic hydroxyl groups excluding tert-OH is 8. The van der Waals surface area contributed by atoms with E-state index >= 15 is 0 Å². The summed E-state index contributed by atoms with van der Waals surface area (Å²) in [5.74, 6) is -2.76. The molecule has 0 fully saturated rings. The Bertz CT molecular complexity index is 1230. The third kappa shape index (κ3) is 10.5. The highest BCUT2D eigenvalue weighted by Gasteiger charge is 2.28. The number of carbonyl (C=O) groups excluding carboxylic acids is 4. The van der Waals surface area contributed by atoms with Crippen LogP contribution < -0.4 is 0 Å². The minimum Gasteiger partial charge on any atom is -0.395 e. The Kier molecular flexibility index (Phi) is 17.6. The van der Waals surface area contributed by atoms with E-state index in [1.165, 1.54) is 36.4 Å². The van der Waals surface area contributed by atoms with E-state index in [9.17, 15) is 60.0 Å². The SMILES string of the molecule is O=C(c1ccc(-c2ccc(C(=O)N(CCO)CCO)c(C(=O)N(CCO)CCO)c2)cc1C(=O)N(CCO)CCO)N(CCO)CCO. The third-order valence-corrected chi connectivity index (χ3v) is 7.40. The molecular weight excluding hydrogens is 632 g/mol. The summed E-state index contributed by atoms with van der Waals surface area (Å²) in [7, 11) is 0. The van der Waals surface area contributed by atoms with Crippen molar-refractivity contribution < 1.29 is 60.0 Å². The highest BCUT2D eigenvalue weighted by Crippen LogP contribution is 2.28. The van der Waals surface area contributed by atoms with Crippen LogP contribution in [0, 0.1) is 0 Å². The van der Waals surface area contributed by atoms with Gasteiger partial charge in [-0.15, -0.1) is 0 Å². The average Bonchev–Trinajstić information content (AvgIpc) is 3.09. The van der Waals surface area contributed by atoms with E-state index in [0.717, 1.165) is 19.6 Å². The summed E-state index contributed by atoms with van der Waals surface area (Å²) < 4.78 is 0. The van der Waals surface area contributed by atoms with E-state index in [4.69, 9.17) is 0 Å². The van der Waals surface area contributed by atoms with Crippen LogP contribution >= 0.6 is 0 Å². The molecule has 0 radical (unpaired) electrons. The van der Waals surface area contributed by atoms with Crippen LogP contribution in [-0.2, 0) is 0 Å². The molecule has 0 aliphatic carbocycles. The van der Waals surface area contributed by atoms with Gasteiger partial charge in [0.05, 0.1) is 75.1 Å². The molecule has 16 nitrogen and oxygen atoms in total. The number of amides is 4. The Balaban J connectivity index is 2.84. The van der Waals surface area contributed by atoms with E-state index in [2.05, 4.69) is 0 Å². The standard InChI is InChI=1S/C32H46N4O12/c37-13-5-33(6-14-38)29(45)25-3-1-23(21-27(25)31(47)35(9-17-41)10-18-42)24-2-4-26(30(46)34(7-15-39)8-16-40)28(22-24)32(48)36(11-19-43)12-20-44/h1-4,21-22,37-44H,5-20H2. The zero-order valence-corrected chi connectivity index (χ0v) is 26.8. The van der Waals surface area contributed by atoms with Crippen LogP contribution in [0.2, 0.25) is 0 Å². The predicted molar refractivity (Wildman–Crippen MR) is 172 cm³/mol. The van der Waals surface area contributed by atoms with Crippen LogP contribution in [0.15, 0.2) is 36.4 Å². The Hall–Kier alpha value is -4.00. The summed E-state index contributed by atoms with van der Waals surface area (Å²) in [5, 5.41) is 76.1. The summed E-state index contributed by atoms with van der Waals surface area (Å²) in [6.45, 7) is -4.52. The van der Waals surface area contributed by atoms with Gasteiger partial charge in [-0.2, -0.15) is 0 Å². The molecule has 0 heterocycles. The molecule has 4 amide bonds. The molecule has 0 aliphatic rings. The number of nitrogens with zero attached hydrogens (tertiary/aromatic N) is 4. The first-order valence-electron chi connectivity index (χ1n) is 15.5. The van der Waals surface area contributed by atoms with Gasteiger partial charge < -0.3 is 60.5 Å². The van der Waals surface area contributed by atoms with Gasteiger partial charge in [-0.1, -0.05) is 12.1 Å². The monoisotopic (exact) mass is 678 g/mol. The van der Waals surface area contributed by atoms with Crippen molar-refractivity contribution in [3.8, 4) is 11.1 Å². The lowest BCUT2D eigenvalue weighted by molar-refractivity contribution is 0.0648. The molecule has 0 bridgehead atoms. The lowest BCUT2D eigenvalue weighted by Crippen LogP contribution is -2.40. The van der Waals surface area contributed by atoms with Crippen molar-refractivity contribution in [3.05, 3.63) is 58.7 Å². The van der Waals surface area contributed by atoms with Crippen molar-refractivity contribution in [2.75, 3.05) is 105 Å². The Morgan fingerprint density at radius 1 is 0.354 bits per heavy atom. The number of aliphatic hydroxyl groups is 8. The molecule has 0 aromatic heterocycles. The third-order valence-electron chi connectivity index (χ3n) is 7.40. The summed E-state index contributed by atoms with van der Waals surface area (Å²) in [6, 6.07) is 8.46. The van der Waals surface area contributed by atoms with Gasteiger partial charge in [0.15, 0.2) is 0 Å². The number of rotatable bonds is 21. The van der Waals surface area contributed by atoms with Crippen LogP contribution in [0.3, 0.4) is 0 Å². The van der Waals surface area contributed by atoms with Crippen molar-refractivity contribution in [2.45, 2.75) is 0 Å². The fourth-order valence-corrected chi connectivity index (χ4v) is 5.08. The van der Waals surface area contributed by atoms with Gasteiger partial charge in [0, 0.05) is 52.4 Å². The van der Waals surface area contributed by atoms with Gasteiger partial charge >= 0.3 is 0 Å². The van der Waals surface area contributed by atoms with Crippen molar-refractivity contribution in [1.29, 1.82) is 0 Å². The second kappa shape index (κ2) is 21.1. The number of hydrogen-bond donors (Lipinski definition) is 8. The van der Waals surface area contributed by atoms with Crippen molar-refractivity contribution in [1.82, 2.24) is 19.6 Å². The zero-order valence-electron chi connectivity index (χ0n) is 26.8. The maximum Gasteiger partial charge on any atom is 0.254 e. The normalized spacial score (nSPS) is 10.9. The van der Waals surface area contributed by atoms with Crippen LogP contribution in [-0.4, -0.2) is 189 Å². The van der Waals surface area contributed by atoms with E-state index in [0.29, 0.717) is 11.1 Å². The van der Waals surface area contributed by atoms with E-state index in [1.54, 1.807) is 0 Å². The fraction of sp³-hybridized carbons (Fsp3) is 0.500. The molecule has 266 valence electrons. The molecule has 0 aliphatic heterocycles. The highest BCUT2D eigenvalue weighted by molar-refractivity contribution is 6.09. The second-order valence-corrected chi connectivity index (χ2v) is 10.5. The van der Waals surface area contributed by atoms with Gasteiger partial charge in [-0.3, -0.25) is 19.2 Å². The number of carbonyl (C=O) groups is 4. The smallest absolute Gasteiger partial charge is 0.254 e. The van der Waals surface area contributed by atoms with Crippen molar-refractivity contribution in [2.24, 2.45) is 0 Å². The summed E-state index contributed by atoms with van der Waals surface area (Å²) in [6.07, 6.45) is 0. The average molecular weight is 679 g/mol. The molecule has 2 aromatic carbocycles. The lowest BCUT2D eigenvalue weighted by atomic mass is 9.94. The molecule has 2 rings (SSSR count). The van der Waals surface area contributed by atoms with Crippen LogP contribution in [0.1, 0.15) is 41.4 Å². The summed E-state index contributed by atoms with van der Waals surface area (Å²) in [4.78, 5) is 59.2. The zero-order chi connectivity index (χ0) is 35.6. The molecule has 0 spiro atoms. The topological polar surface area (TPSA) is 243 Å². The van der Waals surface area contributed by atoms with Gasteiger partial charge in [0.1, 0.15) is 0 Å². The molecular formula is C32H46N4O12. The first kappa shape index (κ1) is 40.2. The predicted octanol–water partition coefficient (Wildman–Crippen LogP) is -2.94. The lowest BCUT2D eigenvalue weighted by Gasteiger charge is -2.26. The van der Waals surface area contributed by atoms with Crippen LogP contribution in [0.25, 0.3) is 11.1 Å². The largest absolute Gasteiger partial charge is 0.395 e. The minimum absolute atomic E-state index is 0.0876. The van der Waals surface area contributed by atoms with Gasteiger partial charge in [0.2, 0.25) is 0 Å². The molecule has 0 saturated heterocycles. The first-order valence-corrected chi connectivity index (χ1v) is 15.5. The number of benzene rings is 2. The molecule has 0 saturated carbocycles. The fourth-order valence-electron chi connectivity index (χ4n) is 5.08. The molecule has 16 heteroatoms. The molecule has 48 heavy (non-hydrogen) atoms. The number of hydrogen-bond acceptors (Lipinski definition) is 12. The summed E-state index contributed by atoms with van der Waals surface area (Å²) in [5.41, 5.74) is 0.209. The molecule has 0 unspecified atom stereocenters. The van der Waals surface area contributed by atoms with Crippen LogP contribution in [0.4, 0.5) is 0 Å². The molecule has 8 N–H and O–H groups in total. The van der Waals surface area contributed by atoms with Gasteiger partial charge in [0.25, 0.3) is 23.6 Å². The first-order chi connectivity index (χ1) is 23.2. The summed E-state index contributed by atoms with van der Waals surface area (Å²) >= 11 is 0. The minimum atomic E-state index is -0.708. The quantitative estimate of drug-likeness (QED) is 0.0662. The van der Waals surface area contributed by atoms with Crippen LogP contribution in [0.5, 0.6) is 0 Å². The van der Waals surface area contributed by atoms with Crippen molar-refractivity contribution >= 4 is 23.6 Å². The Morgan fingerprint density at radius 2 is 0.562 bits per heavy atom. The van der Waals surface area contributed by atoms with E-state index in [-0.39, 0.29) is 74.6 Å². The van der Waals surface area contributed by atoms with Gasteiger partial charge in [-0.25, -0.2) is 0 Å². The van der Waals surface area contributed by atoms with E-state index in [1.807, 2.05) is 0 Å². The molecule has 2 aromatic rings. The van der Waals surface area contributed by atoms with Gasteiger partial charge in [-0.05, 0) is 35.4 Å². The van der Waals surface area contributed by atoms with Crippen molar-refractivity contribution in [3.63, 3.8) is 0 Å². The van der Waals surface area contributed by atoms with E-state index < -0.39 is 76.5 Å². The maximum absolute atomic E-state index is 13.8. The maximum atomic E-state index is 13.8. The Morgan fingerprint density at radius 3 is 0.771 bits per heavy atom. The Labute approximate surface area is 278 Å². The second-order valence-electron chi connectivity index (χ2n) is 10.5. The highest BCUT2D eigenvalue weighted by atomic mass is 16.3.